The lowest BCUT2D eigenvalue weighted by Crippen LogP contribution is -2.34. The van der Waals surface area contributed by atoms with Crippen molar-refractivity contribution in [3.05, 3.63) is 64.7 Å². The molecule has 2 nitrogen and oxygen atoms in total. The zero-order valence-electron chi connectivity index (χ0n) is 9.32. The fourth-order valence-corrected chi connectivity index (χ4v) is 1.78. The van der Waals surface area contributed by atoms with Crippen LogP contribution >= 0.6 is 11.6 Å². The molecule has 0 saturated carbocycles. The molecule has 0 aliphatic heterocycles. The third kappa shape index (κ3) is 2.46. The average Bonchev–Trinajstić information content (AvgIpc) is 2.29. The van der Waals surface area contributed by atoms with Gasteiger partial charge in [-0.25, -0.2) is 4.39 Å². The summed E-state index contributed by atoms with van der Waals surface area (Å²) in [6, 6.07) is 8.56. The molecular formula is C13H12ClFN2. The Morgan fingerprint density at radius 1 is 1.18 bits per heavy atom. The van der Waals surface area contributed by atoms with E-state index >= 15 is 0 Å². The number of benzene rings is 1. The lowest BCUT2D eigenvalue weighted by atomic mass is 9.87. The Morgan fingerprint density at radius 3 is 2.41 bits per heavy atom. The summed E-state index contributed by atoms with van der Waals surface area (Å²) in [4.78, 5) is 3.81. The summed E-state index contributed by atoms with van der Waals surface area (Å²) < 4.78 is 13.1. The number of nitrogens with two attached hydrogens (primary N) is 1. The van der Waals surface area contributed by atoms with E-state index in [2.05, 4.69) is 4.98 Å². The zero-order valence-corrected chi connectivity index (χ0v) is 10.1. The van der Waals surface area contributed by atoms with Crippen LogP contribution in [0.3, 0.4) is 0 Å². The molecular weight excluding hydrogens is 239 g/mol. The fourth-order valence-electron chi connectivity index (χ4n) is 1.66. The highest BCUT2D eigenvalue weighted by Crippen LogP contribution is 2.27. The maximum Gasteiger partial charge on any atom is 0.141 e. The second kappa shape index (κ2) is 4.43. The first-order valence-corrected chi connectivity index (χ1v) is 5.54. The van der Waals surface area contributed by atoms with Gasteiger partial charge in [-0.3, -0.25) is 4.98 Å². The monoisotopic (exact) mass is 250 g/mol. The minimum atomic E-state index is -0.792. The summed E-state index contributed by atoms with van der Waals surface area (Å²) >= 11 is 5.82. The zero-order chi connectivity index (χ0) is 12.5. The minimum Gasteiger partial charge on any atom is -0.318 e. The normalized spacial score (nSPS) is 14.4. The van der Waals surface area contributed by atoms with Crippen LogP contribution in [0, 0.1) is 5.82 Å². The molecule has 1 atom stereocenters. The van der Waals surface area contributed by atoms with Crippen LogP contribution < -0.4 is 5.73 Å². The number of nitrogens with zero attached hydrogens (tertiary/aromatic N) is 1. The van der Waals surface area contributed by atoms with E-state index in [-0.39, 0.29) is 0 Å². The molecule has 0 spiro atoms. The van der Waals surface area contributed by atoms with Crippen LogP contribution in [-0.2, 0) is 5.54 Å². The van der Waals surface area contributed by atoms with Gasteiger partial charge in [-0.05, 0) is 36.2 Å². The second-order valence-electron chi connectivity index (χ2n) is 4.10. The third-order valence-corrected chi connectivity index (χ3v) is 3.00. The number of aromatic nitrogens is 1. The molecule has 0 saturated heterocycles. The Hall–Kier alpha value is -1.45. The van der Waals surface area contributed by atoms with E-state index < -0.39 is 11.4 Å². The number of hydrogen-bond acceptors (Lipinski definition) is 2. The maximum absolute atomic E-state index is 13.1. The molecule has 17 heavy (non-hydrogen) atoms. The van der Waals surface area contributed by atoms with Crippen LogP contribution in [-0.4, -0.2) is 4.98 Å². The van der Waals surface area contributed by atoms with Crippen molar-refractivity contribution in [2.45, 2.75) is 12.5 Å². The maximum atomic E-state index is 13.1. The molecule has 0 amide bonds. The molecule has 2 N–H and O–H groups in total. The predicted molar refractivity (Wildman–Crippen MR) is 66.3 cm³/mol. The molecule has 0 aliphatic rings. The Labute approximate surface area is 104 Å². The van der Waals surface area contributed by atoms with E-state index in [9.17, 15) is 4.39 Å². The van der Waals surface area contributed by atoms with E-state index in [1.54, 1.807) is 18.3 Å². The van der Waals surface area contributed by atoms with Gasteiger partial charge in [0.25, 0.3) is 0 Å². The molecule has 4 heteroatoms. The molecule has 2 rings (SSSR count). The molecule has 1 aromatic carbocycles. The first kappa shape index (κ1) is 12.0. The van der Waals surface area contributed by atoms with Crippen molar-refractivity contribution < 1.29 is 4.39 Å². The average molecular weight is 251 g/mol. The lowest BCUT2D eigenvalue weighted by molar-refractivity contribution is 0.575. The molecule has 1 aromatic heterocycles. The highest BCUT2D eigenvalue weighted by Gasteiger charge is 2.24. The highest BCUT2D eigenvalue weighted by atomic mass is 35.5. The van der Waals surface area contributed by atoms with E-state index in [0.717, 1.165) is 11.8 Å². The van der Waals surface area contributed by atoms with E-state index in [1.807, 2.05) is 19.1 Å². The molecule has 0 bridgehead atoms. The highest BCUT2D eigenvalue weighted by molar-refractivity contribution is 6.30. The van der Waals surface area contributed by atoms with Crippen LogP contribution in [0.4, 0.5) is 4.39 Å². The summed E-state index contributed by atoms with van der Waals surface area (Å²) in [7, 11) is 0. The van der Waals surface area contributed by atoms with Gasteiger partial charge in [-0.1, -0.05) is 23.7 Å². The van der Waals surface area contributed by atoms with Gasteiger partial charge in [0.15, 0.2) is 0 Å². The van der Waals surface area contributed by atoms with Crippen LogP contribution in [0.25, 0.3) is 0 Å². The second-order valence-corrected chi connectivity index (χ2v) is 4.54. The van der Waals surface area contributed by atoms with Crippen LogP contribution in [0.1, 0.15) is 18.1 Å². The molecule has 0 radical (unpaired) electrons. The molecule has 1 heterocycles. The first-order chi connectivity index (χ1) is 8.00. The SMILES string of the molecule is CC(N)(c1ccc(Cl)cc1)c1cncc(F)c1. The van der Waals surface area contributed by atoms with Crippen molar-refractivity contribution >= 4 is 11.6 Å². The number of halogens is 2. The fraction of sp³-hybridized carbons (Fsp3) is 0.154. The Kier molecular flexibility index (Phi) is 3.13. The molecule has 2 aromatic rings. The third-order valence-electron chi connectivity index (χ3n) is 2.75. The van der Waals surface area contributed by atoms with Crippen LogP contribution in [0.2, 0.25) is 5.02 Å². The lowest BCUT2D eigenvalue weighted by Gasteiger charge is -2.25. The van der Waals surface area contributed by atoms with Crippen molar-refractivity contribution in [2.75, 3.05) is 0 Å². The number of rotatable bonds is 2. The first-order valence-electron chi connectivity index (χ1n) is 5.16. The predicted octanol–water partition coefficient (Wildman–Crippen LogP) is 3.10. The van der Waals surface area contributed by atoms with Crippen molar-refractivity contribution in [1.29, 1.82) is 0 Å². The molecule has 1 unspecified atom stereocenters. The van der Waals surface area contributed by atoms with Crippen molar-refractivity contribution in [3.63, 3.8) is 0 Å². The quantitative estimate of drug-likeness (QED) is 0.890. The molecule has 0 aliphatic carbocycles. The number of pyridine rings is 1. The van der Waals surface area contributed by atoms with E-state index in [0.29, 0.717) is 10.6 Å². The van der Waals surface area contributed by atoms with Crippen LogP contribution in [0.5, 0.6) is 0 Å². The Balaban J connectivity index is 2.45. The topological polar surface area (TPSA) is 38.9 Å². The van der Waals surface area contributed by atoms with Crippen molar-refractivity contribution in [3.8, 4) is 0 Å². The van der Waals surface area contributed by atoms with Crippen molar-refractivity contribution in [1.82, 2.24) is 4.98 Å². The van der Waals surface area contributed by atoms with Gasteiger partial charge in [0, 0.05) is 11.2 Å². The van der Waals surface area contributed by atoms with Gasteiger partial charge in [0.2, 0.25) is 0 Å². The summed E-state index contributed by atoms with van der Waals surface area (Å²) in [5, 5.41) is 0.641. The largest absolute Gasteiger partial charge is 0.318 e. The summed E-state index contributed by atoms with van der Waals surface area (Å²) in [5.74, 6) is -0.395. The van der Waals surface area contributed by atoms with Crippen molar-refractivity contribution in [2.24, 2.45) is 5.73 Å². The summed E-state index contributed by atoms with van der Waals surface area (Å²) in [6.07, 6.45) is 2.72. The number of hydrogen-bond donors (Lipinski definition) is 1. The standard InChI is InChI=1S/C13H12ClFN2/c1-13(16,9-2-4-11(14)5-3-9)10-6-12(15)8-17-7-10/h2-8H,16H2,1H3. The van der Waals surface area contributed by atoms with Gasteiger partial charge in [0.1, 0.15) is 5.82 Å². The summed E-state index contributed by atoms with van der Waals surface area (Å²) in [5.41, 5.74) is 6.92. The van der Waals surface area contributed by atoms with Gasteiger partial charge in [-0.2, -0.15) is 0 Å². The van der Waals surface area contributed by atoms with Gasteiger partial charge in [-0.15, -0.1) is 0 Å². The van der Waals surface area contributed by atoms with Gasteiger partial charge < -0.3 is 5.73 Å². The molecule has 0 fully saturated rings. The Morgan fingerprint density at radius 2 is 1.82 bits per heavy atom. The molecule has 88 valence electrons. The Bertz CT molecular complexity index is 523. The van der Waals surface area contributed by atoms with Gasteiger partial charge >= 0.3 is 0 Å². The van der Waals surface area contributed by atoms with Crippen LogP contribution in [0.15, 0.2) is 42.7 Å². The summed E-state index contributed by atoms with van der Waals surface area (Å²) in [6.45, 7) is 1.81. The minimum absolute atomic E-state index is 0.395. The van der Waals surface area contributed by atoms with Gasteiger partial charge in [0.05, 0.1) is 11.7 Å². The van der Waals surface area contributed by atoms with E-state index in [4.69, 9.17) is 17.3 Å². The smallest absolute Gasteiger partial charge is 0.141 e. The van der Waals surface area contributed by atoms with E-state index in [1.165, 1.54) is 6.07 Å².